The number of hydrogen-bond donors (Lipinski definition) is 2. The monoisotopic (exact) mass is 267 g/mol. The summed E-state index contributed by atoms with van der Waals surface area (Å²) >= 11 is 0. The molecule has 1 aromatic rings. The molecule has 104 valence electrons. The van der Waals surface area contributed by atoms with Crippen LogP contribution in [0.15, 0.2) is 18.2 Å². The van der Waals surface area contributed by atoms with Crippen molar-refractivity contribution in [3.8, 4) is 0 Å². The van der Waals surface area contributed by atoms with Crippen LogP contribution in [0, 0.1) is 10.1 Å². The van der Waals surface area contributed by atoms with Gasteiger partial charge in [-0.05, 0) is 19.1 Å². The van der Waals surface area contributed by atoms with Crippen molar-refractivity contribution in [1.29, 1.82) is 0 Å². The molecular formula is C12H17N3O4. The van der Waals surface area contributed by atoms with Crippen LogP contribution in [-0.4, -0.2) is 37.6 Å². The van der Waals surface area contributed by atoms with Crippen molar-refractivity contribution >= 4 is 17.3 Å². The molecule has 0 atom stereocenters. The van der Waals surface area contributed by atoms with Gasteiger partial charge in [-0.2, -0.15) is 0 Å². The molecule has 0 aliphatic carbocycles. The zero-order chi connectivity index (χ0) is 14.3. The van der Waals surface area contributed by atoms with Gasteiger partial charge in [0.25, 0.3) is 11.6 Å². The van der Waals surface area contributed by atoms with E-state index in [1.807, 2.05) is 6.92 Å². The van der Waals surface area contributed by atoms with Crippen LogP contribution in [0.1, 0.15) is 17.3 Å². The van der Waals surface area contributed by atoms with Crippen molar-refractivity contribution in [2.75, 3.05) is 32.1 Å². The average Bonchev–Trinajstić information content (AvgIpc) is 2.42. The van der Waals surface area contributed by atoms with Gasteiger partial charge in [0.1, 0.15) is 5.69 Å². The maximum Gasteiger partial charge on any atom is 0.292 e. The van der Waals surface area contributed by atoms with E-state index in [0.29, 0.717) is 31.0 Å². The number of nitrogens with zero attached hydrogens (tertiary/aromatic N) is 1. The number of amides is 1. The molecule has 0 heterocycles. The number of anilines is 1. The molecule has 7 nitrogen and oxygen atoms in total. The number of benzene rings is 1. The van der Waals surface area contributed by atoms with Gasteiger partial charge in [0.15, 0.2) is 0 Å². The molecule has 7 heteroatoms. The van der Waals surface area contributed by atoms with E-state index in [-0.39, 0.29) is 11.6 Å². The summed E-state index contributed by atoms with van der Waals surface area (Å²) in [5.74, 6) is -0.289. The lowest BCUT2D eigenvalue weighted by molar-refractivity contribution is -0.384. The number of rotatable bonds is 7. The maximum absolute atomic E-state index is 11.5. The van der Waals surface area contributed by atoms with Crippen LogP contribution in [0.5, 0.6) is 0 Å². The highest BCUT2D eigenvalue weighted by atomic mass is 16.6. The zero-order valence-electron chi connectivity index (χ0n) is 10.9. The van der Waals surface area contributed by atoms with Crippen molar-refractivity contribution in [2.24, 2.45) is 0 Å². The second-order valence-electron chi connectivity index (χ2n) is 3.69. The van der Waals surface area contributed by atoms with Gasteiger partial charge in [-0.1, -0.05) is 0 Å². The molecule has 0 radical (unpaired) electrons. The average molecular weight is 267 g/mol. The number of ether oxygens (including phenoxy) is 1. The molecule has 0 aliphatic heterocycles. The maximum atomic E-state index is 11.5. The fourth-order valence-electron chi connectivity index (χ4n) is 1.52. The number of carbonyl (C=O) groups excluding carboxylic acids is 1. The SMILES string of the molecule is CCOCCNc1cc(C(=O)NC)ccc1[N+](=O)[O-]. The van der Waals surface area contributed by atoms with E-state index in [2.05, 4.69) is 10.6 Å². The number of nitrogens with one attached hydrogen (secondary N) is 2. The van der Waals surface area contributed by atoms with E-state index in [1.54, 1.807) is 0 Å². The molecule has 0 unspecified atom stereocenters. The Balaban J connectivity index is 2.89. The molecular weight excluding hydrogens is 250 g/mol. The normalized spacial score (nSPS) is 10.0. The van der Waals surface area contributed by atoms with E-state index in [9.17, 15) is 14.9 Å². The Morgan fingerprint density at radius 3 is 2.79 bits per heavy atom. The molecule has 0 bridgehead atoms. The fraction of sp³-hybridized carbons (Fsp3) is 0.417. The van der Waals surface area contributed by atoms with Gasteiger partial charge in [0.2, 0.25) is 0 Å². The summed E-state index contributed by atoms with van der Waals surface area (Å²) in [6.45, 7) is 3.33. The molecule has 1 amide bonds. The molecule has 0 fully saturated rings. The molecule has 0 aliphatic rings. The summed E-state index contributed by atoms with van der Waals surface area (Å²) in [5, 5.41) is 16.3. The van der Waals surface area contributed by atoms with Crippen LogP contribution < -0.4 is 10.6 Å². The van der Waals surface area contributed by atoms with E-state index in [1.165, 1.54) is 25.2 Å². The van der Waals surface area contributed by atoms with Crippen LogP contribution in [0.2, 0.25) is 0 Å². The highest BCUT2D eigenvalue weighted by Gasteiger charge is 2.15. The van der Waals surface area contributed by atoms with Gasteiger partial charge in [0, 0.05) is 31.8 Å². The predicted octanol–water partition coefficient (Wildman–Crippen LogP) is 1.40. The van der Waals surface area contributed by atoms with Gasteiger partial charge in [0.05, 0.1) is 11.5 Å². The number of nitro groups is 1. The Labute approximate surface area is 111 Å². The third-order valence-electron chi connectivity index (χ3n) is 2.45. The summed E-state index contributed by atoms with van der Waals surface area (Å²) in [7, 11) is 1.51. The van der Waals surface area contributed by atoms with Crippen molar-refractivity contribution < 1.29 is 14.5 Å². The lowest BCUT2D eigenvalue weighted by atomic mass is 10.1. The van der Waals surface area contributed by atoms with Crippen LogP contribution in [0.3, 0.4) is 0 Å². The van der Waals surface area contributed by atoms with Crippen molar-refractivity contribution in [2.45, 2.75) is 6.92 Å². The molecule has 1 aromatic carbocycles. The van der Waals surface area contributed by atoms with Crippen LogP contribution in [0.25, 0.3) is 0 Å². The summed E-state index contributed by atoms with van der Waals surface area (Å²) in [4.78, 5) is 21.9. The zero-order valence-corrected chi connectivity index (χ0v) is 10.9. The first-order valence-electron chi connectivity index (χ1n) is 5.92. The standard InChI is InChI=1S/C12H17N3O4/c1-3-19-7-6-14-10-8-9(12(16)13-2)4-5-11(10)15(17)18/h4-5,8,14H,3,6-7H2,1-2H3,(H,13,16). The topological polar surface area (TPSA) is 93.5 Å². The lowest BCUT2D eigenvalue weighted by Gasteiger charge is -2.08. The largest absolute Gasteiger partial charge is 0.380 e. The summed E-state index contributed by atoms with van der Waals surface area (Å²) in [6.07, 6.45) is 0. The third-order valence-corrected chi connectivity index (χ3v) is 2.45. The Hall–Kier alpha value is -2.15. The first-order chi connectivity index (χ1) is 9.10. The van der Waals surface area contributed by atoms with Crippen LogP contribution >= 0.6 is 0 Å². The number of carbonyl (C=O) groups is 1. The first kappa shape index (κ1) is 14.9. The lowest BCUT2D eigenvalue weighted by Crippen LogP contribution is -2.18. The quantitative estimate of drug-likeness (QED) is 0.442. The molecule has 0 aromatic heterocycles. The molecule has 0 saturated carbocycles. The summed E-state index contributed by atoms with van der Waals surface area (Å²) < 4.78 is 5.14. The fourth-order valence-corrected chi connectivity index (χ4v) is 1.52. The summed E-state index contributed by atoms with van der Waals surface area (Å²) in [6, 6.07) is 4.20. The molecule has 2 N–H and O–H groups in total. The molecule has 0 saturated heterocycles. The van der Waals surface area contributed by atoms with Gasteiger partial charge < -0.3 is 15.4 Å². The van der Waals surface area contributed by atoms with Gasteiger partial charge in [-0.3, -0.25) is 14.9 Å². The van der Waals surface area contributed by atoms with E-state index in [0.717, 1.165) is 0 Å². The molecule has 19 heavy (non-hydrogen) atoms. The predicted molar refractivity (Wildman–Crippen MR) is 71.5 cm³/mol. The van der Waals surface area contributed by atoms with Crippen LogP contribution in [0.4, 0.5) is 11.4 Å². The highest BCUT2D eigenvalue weighted by molar-refractivity contribution is 5.95. The van der Waals surface area contributed by atoms with E-state index >= 15 is 0 Å². The first-order valence-corrected chi connectivity index (χ1v) is 5.92. The second-order valence-corrected chi connectivity index (χ2v) is 3.69. The molecule has 1 rings (SSSR count). The second kappa shape index (κ2) is 7.32. The molecule has 0 spiro atoms. The van der Waals surface area contributed by atoms with Crippen molar-refractivity contribution in [1.82, 2.24) is 5.32 Å². The smallest absolute Gasteiger partial charge is 0.292 e. The van der Waals surface area contributed by atoms with Gasteiger partial charge >= 0.3 is 0 Å². The van der Waals surface area contributed by atoms with Crippen LogP contribution in [-0.2, 0) is 4.74 Å². The Kier molecular flexibility index (Phi) is 5.74. The Morgan fingerprint density at radius 2 is 2.21 bits per heavy atom. The Bertz CT molecular complexity index is 462. The highest BCUT2D eigenvalue weighted by Crippen LogP contribution is 2.25. The summed E-state index contributed by atoms with van der Waals surface area (Å²) in [5.41, 5.74) is 0.613. The van der Waals surface area contributed by atoms with E-state index in [4.69, 9.17) is 4.74 Å². The minimum atomic E-state index is -0.489. The van der Waals surface area contributed by atoms with Crippen molar-refractivity contribution in [3.05, 3.63) is 33.9 Å². The number of hydrogen-bond acceptors (Lipinski definition) is 5. The van der Waals surface area contributed by atoms with Gasteiger partial charge in [-0.15, -0.1) is 0 Å². The Morgan fingerprint density at radius 1 is 1.47 bits per heavy atom. The number of nitro benzene ring substituents is 1. The minimum Gasteiger partial charge on any atom is -0.380 e. The van der Waals surface area contributed by atoms with E-state index < -0.39 is 4.92 Å². The minimum absolute atomic E-state index is 0.0656. The van der Waals surface area contributed by atoms with Crippen molar-refractivity contribution in [3.63, 3.8) is 0 Å². The third kappa shape index (κ3) is 4.22. The van der Waals surface area contributed by atoms with Gasteiger partial charge in [-0.25, -0.2) is 0 Å².